The predicted octanol–water partition coefficient (Wildman–Crippen LogP) is 8.92. The zero-order valence-electron chi connectivity index (χ0n) is 37.2. The van der Waals surface area contributed by atoms with Crippen LogP contribution in [0.2, 0.25) is 0 Å². The highest BCUT2D eigenvalue weighted by molar-refractivity contribution is 5.49. The number of unbranched alkanes of at least 4 members (excludes halogenated alkanes) is 3. The third-order valence-corrected chi connectivity index (χ3v) is 12.8. The van der Waals surface area contributed by atoms with Crippen molar-refractivity contribution in [1.82, 2.24) is 30.1 Å². The van der Waals surface area contributed by atoms with E-state index in [0.717, 1.165) is 96.7 Å². The zero-order chi connectivity index (χ0) is 40.7. The van der Waals surface area contributed by atoms with Crippen LogP contribution in [0.25, 0.3) is 0 Å². The molecule has 3 fully saturated rings. The largest absolute Gasteiger partial charge is 0.337 e. The highest BCUT2D eigenvalue weighted by atomic mass is 16.5. The van der Waals surface area contributed by atoms with Gasteiger partial charge in [-0.25, -0.2) is 0 Å². The van der Waals surface area contributed by atoms with E-state index in [4.69, 9.17) is 15.0 Å². The number of piperidine rings is 3. The third-order valence-electron chi connectivity index (χ3n) is 12.8. The van der Waals surface area contributed by atoms with E-state index in [2.05, 4.69) is 119 Å². The van der Waals surface area contributed by atoms with Gasteiger partial charge < -0.3 is 30.3 Å². The molecular formula is C42H81N9O3. The summed E-state index contributed by atoms with van der Waals surface area (Å²) in [5.74, 6) is 2.14. The Morgan fingerprint density at radius 2 is 0.611 bits per heavy atom. The van der Waals surface area contributed by atoms with E-state index in [0.29, 0.717) is 17.8 Å². The first-order chi connectivity index (χ1) is 24.8. The lowest BCUT2D eigenvalue weighted by molar-refractivity contribution is -0.244. The fourth-order valence-electron chi connectivity index (χ4n) is 10.4. The van der Waals surface area contributed by atoms with Crippen LogP contribution in [0, 0.1) is 0 Å². The maximum Gasteiger partial charge on any atom is 0.232 e. The number of hydrogen-bond acceptors (Lipinski definition) is 12. The van der Waals surface area contributed by atoms with Crippen LogP contribution < -0.4 is 14.7 Å². The number of aromatic nitrogens is 3. The molecule has 4 rings (SSSR count). The van der Waals surface area contributed by atoms with Gasteiger partial charge in [0.15, 0.2) is 0 Å². The fourth-order valence-corrected chi connectivity index (χ4v) is 10.4. The molecule has 1 aromatic rings. The quantitative estimate of drug-likeness (QED) is 0.158. The first kappa shape index (κ1) is 44.9. The molecule has 3 N–H and O–H groups in total. The van der Waals surface area contributed by atoms with Gasteiger partial charge in [0.05, 0.1) is 0 Å². The molecule has 0 atom stereocenters. The summed E-state index contributed by atoms with van der Waals surface area (Å²) in [6.45, 7) is 34.8. The van der Waals surface area contributed by atoms with E-state index in [-0.39, 0.29) is 18.1 Å². The summed E-state index contributed by atoms with van der Waals surface area (Å²) in [6, 6.07) is 0.353. The van der Waals surface area contributed by atoms with Gasteiger partial charge in [-0.2, -0.15) is 30.1 Å². The second-order valence-corrected chi connectivity index (χ2v) is 20.9. The Morgan fingerprint density at radius 1 is 0.426 bits per heavy atom. The average Bonchev–Trinajstić information content (AvgIpc) is 3.05. The van der Waals surface area contributed by atoms with Crippen molar-refractivity contribution in [3.8, 4) is 0 Å². The number of anilines is 3. The van der Waals surface area contributed by atoms with Crippen LogP contribution in [-0.2, 0) is 0 Å². The topological polar surface area (TPSA) is 119 Å². The van der Waals surface area contributed by atoms with Gasteiger partial charge in [-0.1, -0.05) is 40.0 Å². The van der Waals surface area contributed by atoms with Crippen molar-refractivity contribution in [2.75, 3.05) is 34.3 Å². The molecule has 12 heteroatoms. The SMILES string of the molecule is CCCCN(c1nc(N(CCCC)C2CC(C)(C)N(O)C(C)(C)C2)nc(N(CCCC)C2CC(C)(C)N(O)C(C)(C)C2)n1)C1CC(C)(C)N(O)C(C)(C)C1. The molecule has 12 nitrogen and oxygen atoms in total. The number of hydroxylamine groups is 6. The summed E-state index contributed by atoms with van der Waals surface area (Å²) in [5, 5.41) is 38.7. The molecule has 0 bridgehead atoms. The normalized spacial score (nSPS) is 24.8. The van der Waals surface area contributed by atoms with E-state index in [9.17, 15) is 15.6 Å². The lowest BCUT2D eigenvalue weighted by Gasteiger charge is -2.54. The number of hydrogen-bond donors (Lipinski definition) is 3. The summed E-state index contributed by atoms with van der Waals surface area (Å²) >= 11 is 0. The van der Waals surface area contributed by atoms with E-state index in [1.54, 1.807) is 15.2 Å². The van der Waals surface area contributed by atoms with Crippen molar-refractivity contribution >= 4 is 17.8 Å². The molecule has 312 valence electrons. The summed E-state index contributed by atoms with van der Waals surface area (Å²) < 4.78 is 0. The van der Waals surface area contributed by atoms with E-state index >= 15 is 0 Å². The molecule has 0 spiro atoms. The molecule has 0 unspecified atom stereocenters. The first-order valence-electron chi connectivity index (χ1n) is 21.4. The minimum absolute atomic E-state index is 0.118. The Balaban J connectivity index is 1.97. The number of rotatable bonds is 15. The molecule has 4 heterocycles. The van der Waals surface area contributed by atoms with Gasteiger partial charge >= 0.3 is 0 Å². The Kier molecular flexibility index (Phi) is 13.8. The highest BCUT2D eigenvalue weighted by Crippen LogP contribution is 2.44. The van der Waals surface area contributed by atoms with E-state index in [1.807, 2.05) is 0 Å². The van der Waals surface area contributed by atoms with E-state index < -0.39 is 33.2 Å². The van der Waals surface area contributed by atoms with Crippen LogP contribution in [0.4, 0.5) is 17.8 Å². The molecule has 0 saturated carbocycles. The molecule has 0 radical (unpaired) electrons. The second kappa shape index (κ2) is 16.6. The minimum Gasteiger partial charge on any atom is -0.337 e. The van der Waals surface area contributed by atoms with Gasteiger partial charge in [0.1, 0.15) is 0 Å². The lowest BCUT2D eigenvalue weighted by Crippen LogP contribution is -2.64. The van der Waals surface area contributed by atoms with Gasteiger partial charge in [0, 0.05) is 71.0 Å². The summed E-state index contributed by atoms with van der Waals surface area (Å²) in [7, 11) is 0. The Morgan fingerprint density at radius 3 is 0.778 bits per heavy atom. The van der Waals surface area contributed by atoms with Crippen molar-refractivity contribution < 1.29 is 15.6 Å². The first-order valence-corrected chi connectivity index (χ1v) is 21.4. The maximum atomic E-state index is 11.3. The van der Waals surface area contributed by atoms with Crippen LogP contribution in [-0.4, -0.2) is 117 Å². The van der Waals surface area contributed by atoms with Gasteiger partial charge in [-0.15, -0.1) is 0 Å². The maximum absolute atomic E-state index is 11.3. The molecule has 3 aliphatic rings. The van der Waals surface area contributed by atoms with E-state index in [1.165, 1.54) is 0 Å². The zero-order valence-corrected chi connectivity index (χ0v) is 37.2. The highest BCUT2D eigenvalue weighted by Gasteiger charge is 2.50. The summed E-state index contributed by atoms with van der Waals surface area (Å²) in [5.41, 5.74) is -2.58. The Hall–Kier alpha value is -1.83. The lowest BCUT2D eigenvalue weighted by atomic mass is 9.78. The predicted molar refractivity (Wildman–Crippen MR) is 221 cm³/mol. The second-order valence-electron chi connectivity index (χ2n) is 20.9. The molecule has 0 amide bonds. The van der Waals surface area contributed by atoms with Crippen LogP contribution in [0.1, 0.15) is 181 Å². The summed E-state index contributed by atoms with van der Waals surface area (Å²) in [4.78, 5) is 23.8. The monoisotopic (exact) mass is 760 g/mol. The van der Waals surface area contributed by atoms with Crippen molar-refractivity contribution in [1.29, 1.82) is 0 Å². The van der Waals surface area contributed by atoms with Gasteiger partial charge in [-0.3, -0.25) is 0 Å². The molecule has 3 aliphatic heterocycles. The molecule has 3 saturated heterocycles. The van der Waals surface area contributed by atoms with Crippen LogP contribution >= 0.6 is 0 Å². The Labute approximate surface area is 329 Å². The van der Waals surface area contributed by atoms with Crippen molar-refractivity contribution in [3.63, 3.8) is 0 Å². The summed E-state index contributed by atoms with van der Waals surface area (Å²) in [6.07, 6.45) is 10.8. The van der Waals surface area contributed by atoms with Crippen molar-refractivity contribution in [3.05, 3.63) is 0 Å². The molecule has 54 heavy (non-hydrogen) atoms. The molecule has 1 aromatic heterocycles. The van der Waals surface area contributed by atoms with Gasteiger partial charge in [0.25, 0.3) is 0 Å². The van der Waals surface area contributed by atoms with Crippen molar-refractivity contribution in [2.24, 2.45) is 0 Å². The average molecular weight is 760 g/mol. The standard InChI is InChI=1S/C42H81N9O3/c1-16-19-22-46(31-25-37(4,5)49(52)38(6,7)26-31)34-43-35(47(23-20-17-2)32-27-39(8,9)50(53)40(10,11)28-32)45-36(44-34)48(24-21-18-3)33-29-41(12,13)51(54)42(14,15)30-33/h31-33,52-54H,16-30H2,1-15H3. The number of nitrogens with zero attached hydrogens (tertiary/aromatic N) is 9. The molecule has 0 aliphatic carbocycles. The van der Waals surface area contributed by atoms with Crippen LogP contribution in [0.3, 0.4) is 0 Å². The van der Waals surface area contributed by atoms with Crippen LogP contribution in [0.15, 0.2) is 0 Å². The van der Waals surface area contributed by atoms with Crippen molar-refractivity contribution in [2.45, 2.75) is 232 Å². The van der Waals surface area contributed by atoms with Gasteiger partial charge in [-0.05, 0) is 141 Å². The Bertz CT molecular complexity index is 1150. The fraction of sp³-hybridized carbons (Fsp3) is 0.929. The minimum atomic E-state index is -0.430. The smallest absolute Gasteiger partial charge is 0.232 e. The molecular weight excluding hydrogens is 679 g/mol. The molecule has 0 aromatic carbocycles. The van der Waals surface area contributed by atoms with Gasteiger partial charge in [0.2, 0.25) is 17.8 Å². The third kappa shape index (κ3) is 9.64. The van der Waals surface area contributed by atoms with Crippen LogP contribution in [0.5, 0.6) is 0 Å².